The summed E-state index contributed by atoms with van der Waals surface area (Å²) in [5.74, 6) is 0. The number of rotatable bonds is 4. The first-order valence-electron chi connectivity index (χ1n) is 16.3. The molecule has 0 radical (unpaired) electrons. The molecule has 230 valence electrons. The molecule has 0 unspecified atom stereocenters. The average molecular weight is 636 g/mol. The van der Waals surface area contributed by atoms with Crippen molar-refractivity contribution < 1.29 is 0 Å². The van der Waals surface area contributed by atoms with Crippen molar-refractivity contribution in [3.63, 3.8) is 0 Å². The minimum atomic E-state index is 0.503. The highest BCUT2D eigenvalue weighted by molar-refractivity contribution is 6.11. The second-order valence-electron chi connectivity index (χ2n) is 12.3. The number of para-hydroxylation sites is 4. The van der Waals surface area contributed by atoms with Crippen molar-refractivity contribution in [3.8, 4) is 51.8 Å². The first-order valence-corrected chi connectivity index (χ1v) is 16.3. The Kier molecular flexibility index (Phi) is 6.56. The van der Waals surface area contributed by atoms with Gasteiger partial charge in [-0.15, -0.1) is 0 Å². The van der Waals surface area contributed by atoms with E-state index in [2.05, 4.69) is 88.0 Å². The molecule has 9 rings (SSSR count). The van der Waals surface area contributed by atoms with Crippen LogP contribution in [0.2, 0.25) is 0 Å². The Morgan fingerprint density at radius 2 is 0.940 bits per heavy atom. The fraction of sp³-hybridized carbons (Fsp3) is 0. The summed E-state index contributed by atoms with van der Waals surface area (Å²) in [5, 5.41) is 34.7. The molecule has 0 N–H and O–H groups in total. The largest absolute Gasteiger partial charge is 0.309 e. The number of nitrogens with zero attached hydrogens (tertiary/aromatic N) is 5. The summed E-state index contributed by atoms with van der Waals surface area (Å²) in [7, 11) is 0. The van der Waals surface area contributed by atoms with E-state index in [9.17, 15) is 15.8 Å². The first kappa shape index (κ1) is 28.8. The van der Waals surface area contributed by atoms with Crippen LogP contribution < -0.4 is 0 Å². The number of hydrogen-bond donors (Lipinski definition) is 0. The molecule has 0 spiro atoms. The van der Waals surface area contributed by atoms with Crippen molar-refractivity contribution in [1.82, 2.24) is 9.13 Å². The zero-order chi connectivity index (χ0) is 33.8. The lowest BCUT2D eigenvalue weighted by Crippen LogP contribution is -1.98. The Morgan fingerprint density at radius 3 is 1.60 bits per heavy atom. The molecule has 0 aliphatic heterocycles. The summed E-state index contributed by atoms with van der Waals surface area (Å²) in [6.45, 7) is 0. The molecule has 0 atom stereocenters. The van der Waals surface area contributed by atoms with E-state index in [1.807, 2.05) is 91.0 Å². The van der Waals surface area contributed by atoms with Crippen molar-refractivity contribution in [2.24, 2.45) is 0 Å². The van der Waals surface area contributed by atoms with Gasteiger partial charge in [-0.3, -0.25) is 0 Å². The molecule has 0 aliphatic carbocycles. The molecule has 7 aromatic carbocycles. The molecule has 5 heteroatoms. The third-order valence-corrected chi connectivity index (χ3v) is 9.59. The fourth-order valence-electron chi connectivity index (χ4n) is 7.43. The molecule has 0 aliphatic rings. The molecule has 0 saturated carbocycles. The van der Waals surface area contributed by atoms with Gasteiger partial charge in [-0.1, -0.05) is 78.9 Å². The predicted molar refractivity (Wildman–Crippen MR) is 200 cm³/mol. The van der Waals surface area contributed by atoms with Crippen LogP contribution in [0.4, 0.5) is 0 Å². The number of fused-ring (bicyclic) bond motifs is 6. The number of benzene rings is 7. The normalized spacial score (nSPS) is 11.1. The molecule has 0 saturated heterocycles. The van der Waals surface area contributed by atoms with E-state index in [0.717, 1.165) is 77.2 Å². The van der Waals surface area contributed by atoms with Gasteiger partial charge in [0.15, 0.2) is 0 Å². The van der Waals surface area contributed by atoms with Gasteiger partial charge in [0.25, 0.3) is 0 Å². The van der Waals surface area contributed by atoms with E-state index < -0.39 is 0 Å². The van der Waals surface area contributed by atoms with Crippen molar-refractivity contribution in [3.05, 3.63) is 168 Å². The Labute approximate surface area is 287 Å². The summed E-state index contributed by atoms with van der Waals surface area (Å²) in [6, 6.07) is 57.7. The van der Waals surface area contributed by atoms with Crippen LogP contribution in [0.25, 0.3) is 77.2 Å². The van der Waals surface area contributed by atoms with Gasteiger partial charge in [0.2, 0.25) is 0 Å². The Morgan fingerprint density at radius 1 is 0.380 bits per heavy atom. The van der Waals surface area contributed by atoms with Crippen LogP contribution in [0.15, 0.2) is 152 Å². The maximum atomic E-state index is 10.5. The monoisotopic (exact) mass is 635 g/mol. The van der Waals surface area contributed by atoms with E-state index in [1.54, 1.807) is 0 Å². The average Bonchev–Trinajstić information content (AvgIpc) is 3.70. The lowest BCUT2D eigenvalue weighted by Gasteiger charge is -2.16. The molecule has 2 heterocycles. The molecule has 2 aromatic heterocycles. The predicted octanol–water partition coefficient (Wildman–Crippen LogP) is 10.8. The molecular weight excluding hydrogens is 611 g/mol. The van der Waals surface area contributed by atoms with Crippen LogP contribution >= 0.6 is 0 Å². The van der Waals surface area contributed by atoms with Crippen molar-refractivity contribution in [1.29, 1.82) is 15.8 Å². The van der Waals surface area contributed by atoms with Crippen LogP contribution in [0.3, 0.4) is 0 Å². The van der Waals surface area contributed by atoms with E-state index in [-0.39, 0.29) is 0 Å². The SMILES string of the molecule is N#Cc1cc(-c2ccc(-n3c4ccccc4c4ccccc43)cc2C#N)cc(-c2ccccc2-n2c3ccccc3c3cc(C#N)ccc32)c1. The molecule has 0 fully saturated rings. The minimum absolute atomic E-state index is 0.503. The molecule has 0 amide bonds. The number of hydrogen-bond acceptors (Lipinski definition) is 3. The van der Waals surface area contributed by atoms with E-state index in [1.165, 1.54) is 0 Å². The molecule has 50 heavy (non-hydrogen) atoms. The summed E-state index contributed by atoms with van der Waals surface area (Å²) in [5.41, 5.74) is 11.0. The highest BCUT2D eigenvalue weighted by atomic mass is 15.0. The summed E-state index contributed by atoms with van der Waals surface area (Å²) >= 11 is 0. The van der Waals surface area contributed by atoms with Gasteiger partial charge in [-0.05, 0) is 89.5 Å². The van der Waals surface area contributed by atoms with Crippen molar-refractivity contribution in [2.45, 2.75) is 0 Å². The van der Waals surface area contributed by atoms with E-state index in [0.29, 0.717) is 16.7 Å². The van der Waals surface area contributed by atoms with Gasteiger partial charge in [0, 0.05) is 32.8 Å². The molecule has 9 aromatic rings. The zero-order valence-electron chi connectivity index (χ0n) is 26.7. The number of aromatic nitrogens is 2. The standard InChI is InChI=1S/C45H25N5/c46-26-29-17-20-45-40(23-29)39-12-4-8-16-44(39)50(45)41-13-5-1-9-36(41)32-22-30(27-47)21-31(24-32)35-19-18-34(25-33(35)28-48)49-42-14-6-2-10-37(42)38-11-3-7-15-43(38)49/h1-25H. The topological polar surface area (TPSA) is 81.2 Å². The van der Waals surface area contributed by atoms with E-state index >= 15 is 0 Å². The lowest BCUT2D eigenvalue weighted by molar-refractivity contribution is 1.18. The fourth-order valence-corrected chi connectivity index (χ4v) is 7.43. The lowest BCUT2D eigenvalue weighted by atomic mass is 9.93. The van der Waals surface area contributed by atoms with Gasteiger partial charge in [-0.25, -0.2) is 0 Å². The van der Waals surface area contributed by atoms with E-state index in [4.69, 9.17) is 0 Å². The Hall–Kier alpha value is -7.39. The maximum Gasteiger partial charge on any atom is 0.0998 e. The smallest absolute Gasteiger partial charge is 0.0998 e. The second-order valence-corrected chi connectivity index (χ2v) is 12.3. The summed E-state index contributed by atoms with van der Waals surface area (Å²) in [4.78, 5) is 0. The van der Waals surface area contributed by atoms with Crippen LogP contribution in [0.5, 0.6) is 0 Å². The summed E-state index contributed by atoms with van der Waals surface area (Å²) < 4.78 is 4.43. The quantitative estimate of drug-likeness (QED) is 0.193. The van der Waals surface area contributed by atoms with Crippen LogP contribution in [-0.2, 0) is 0 Å². The third-order valence-electron chi connectivity index (χ3n) is 9.59. The Bertz CT molecular complexity index is 2920. The van der Waals surface area contributed by atoms with Gasteiger partial charge in [0.1, 0.15) is 0 Å². The van der Waals surface area contributed by atoms with Crippen LogP contribution in [-0.4, -0.2) is 9.13 Å². The minimum Gasteiger partial charge on any atom is -0.309 e. The van der Waals surface area contributed by atoms with Gasteiger partial charge < -0.3 is 9.13 Å². The maximum absolute atomic E-state index is 10.5. The number of nitriles is 3. The first-order chi connectivity index (χ1) is 24.7. The highest BCUT2D eigenvalue weighted by Crippen LogP contribution is 2.39. The van der Waals surface area contributed by atoms with Gasteiger partial charge in [-0.2, -0.15) is 15.8 Å². The summed E-state index contributed by atoms with van der Waals surface area (Å²) in [6.07, 6.45) is 0. The van der Waals surface area contributed by atoms with Gasteiger partial charge in [0.05, 0.1) is 62.7 Å². The molecular formula is C45H25N5. The second kappa shape index (κ2) is 11.4. The molecule has 5 nitrogen and oxygen atoms in total. The Balaban J connectivity index is 1.23. The van der Waals surface area contributed by atoms with Crippen LogP contribution in [0, 0.1) is 34.0 Å². The van der Waals surface area contributed by atoms with Crippen molar-refractivity contribution in [2.75, 3.05) is 0 Å². The van der Waals surface area contributed by atoms with Crippen molar-refractivity contribution >= 4 is 43.6 Å². The van der Waals surface area contributed by atoms with Crippen LogP contribution in [0.1, 0.15) is 16.7 Å². The third kappa shape index (κ3) is 4.38. The van der Waals surface area contributed by atoms with Gasteiger partial charge >= 0.3 is 0 Å². The molecule has 0 bridgehead atoms. The zero-order valence-corrected chi connectivity index (χ0v) is 26.7. The highest BCUT2D eigenvalue weighted by Gasteiger charge is 2.18.